The highest BCUT2D eigenvalue weighted by atomic mass is 79.9. The maximum Gasteiger partial charge on any atom is 0.475 e. The summed E-state index contributed by atoms with van der Waals surface area (Å²) >= 11 is 19.7. The lowest BCUT2D eigenvalue weighted by molar-refractivity contribution is 0.305. The molecule has 0 radical (unpaired) electrons. The molecule has 0 atom stereocenters. The van der Waals surface area contributed by atoms with Gasteiger partial charge in [-0.1, -0.05) is 51.5 Å². The summed E-state index contributed by atoms with van der Waals surface area (Å²) in [6.07, 6.45) is 7.21. The lowest BCUT2D eigenvalue weighted by Gasteiger charge is -2.28. The summed E-state index contributed by atoms with van der Waals surface area (Å²) in [7, 11) is -1.07. The number of thiol groups is 1. The van der Waals surface area contributed by atoms with Crippen molar-refractivity contribution in [3.63, 3.8) is 0 Å². The van der Waals surface area contributed by atoms with Crippen molar-refractivity contribution in [2.24, 2.45) is 0 Å². The van der Waals surface area contributed by atoms with Gasteiger partial charge in [0.1, 0.15) is 11.5 Å². The summed E-state index contributed by atoms with van der Waals surface area (Å²) in [5.74, 6) is 1.70. The van der Waals surface area contributed by atoms with Gasteiger partial charge in [0.15, 0.2) is 5.19 Å². The maximum absolute atomic E-state index is 6.31. The van der Waals surface area contributed by atoms with Crippen LogP contribution in [0.3, 0.4) is 0 Å². The molecule has 0 fully saturated rings. The van der Waals surface area contributed by atoms with Gasteiger partial charge in [0.25, 0.3) is 0 Å². The zero-order valence-electron chi connectivity index (χ0n) is 23.8. The van der Waals surface area contributed by atoms with Crippen LogP contribution in [-0.4, -0.2) is 36.6 Å². The van der Waals surface area contributed by atoms with Crippen molar-refractivity contribution in [3.05, 3.63) is 71.5 Å². The van der Waals surface area contributed by atoms with E-state index in [4.69, 9.17) is 9.47 Å². The average molecular weight is 849 g/mol. The zero-order valence-corrected chi connectivity index (χ0v) is 33.0. The molecule has 9 heteroatoms. The number of hydrogen-bond donors (Lipinski definition) is 1. The minimum atomic E-state index is -1.61. The molecule has 0 aliphatic carbocycles. The molecule has 0 saturated heterocycles. The zero-order chi connectivity index (χ0) is 29.7. The minimum absolute atomic E-state index is 0.249. The van der Waals surface area contributed by atoms with Crippen molar-refractivity contribution in [3.8, 4) is 11.5 Å². The standard InChI is InChI=1S/C31H36Br4O2SSi2/c1-7-8-10-36-29-25(32)13-20(14-26(29)33)31(2,3)21-15-27(34)30(28(35)16-21)37-11-9-12-40(5,6)24-18-22(38)17-23(19-24)39-4/h13-19H,4,7-12H2,1-3,5-6H3/p+1. The van der Waals surface area contributed by atoms with Crippen molar-refractivity contribution in [1.82, 2.24) is 0 Å². The van der Waals surface area contributed by atoms with Gasteiger partial charge in [0.05, 0.1) is 45.4 Å². The fourth-order valence-corrected chi connectivity index (χ4v) is 11.0. The van der Waals surface area contributed by atoms with Gasteiger partial charge >= 0.3 is 9.13 Å². The lowest BCUT2D eigenvalue weighted by Crippen LogP contribution is -2.43. The van der Waals surface area contributed by atoms with Gasteiger partial charge < -0.3 is 9.47 Å². The van der Waals surface area contributed by atoms with Crippen LogP contribution < -0.4 is 19.8 Å². The maximum atomic E-state index is 6.31. The molecule has 0 spiro atoms. The van der Waals surface area contributed by atoms with Crippen LogP contribution >= 0.6 is 76.3 Å². The van der Waals surface area contributed by atoms with Crippen molar-refractivity contribution in [2.75, 3.05) is 13.2 Å². The van der Waals surface area contributed by atoms with E-state index in [1.54, 1.807) is 0 Å². The summed E-state index contributed by atoms with van der Waals surface area (Å²) in [6, 6.07) is 16.5. The van der Waals surface area contributed by atoms with Gasteiger partial charge in [-0.15, -0.1) is 12.6 Å². The van der Waals surface area contributed by atoms with Crippen LogP contribution in [0.1, 0.15) is 51.2 Å². The van der Waals surface area contributed by atoms with E-state index in [1.807, 2.05) is 0 Å². The summed E-state index contributed by atoms with van der Waals surface area (Å²) in [5.41, 5.74) is 2.11. The van der Waals surface area contributed by atoms with Gasteiger partial charge in [-0.2, -0.15) is 0 Å². The van der Waals surface area contributed by atoms with Crippen LogP contribution in [0.25, 0.3) is 0 Å². The van der Waals surface area contributed by atoms with Crippen LogP contribution in [-0.2, 0) is 5.41 Å². The molecule has 0 aliphatic rings. The Morgan fingerprint density at radius 3 is 1.73 bits per heavy atom. The molecule has 0 heterocycles. The number of benzene rings is 3. The van der Waals surface area contributed by atoms with E-state index >= 15 is 0 Å². The summed E-state index contributed by atoms with van der Waals surface area (Å²) in [5, 5.41) is 2.73. The predicted molar refractivity (Wildman–Crippen MR) is 194 cm³/mol. The van der Waals surface area contributed by atoms with Gasteiger partial charge in [-0.05, 0) is 130 Å². The second-order valence-electron chi connectivity index (χ2n) is 11.1. The fourth-order valence-electron chi connectivity index (χ4n) is 4.54. The molecule has 40 heavy (non-hydrogen) atoms. The molecule has 2 nitrogen and oxygen atoms in total. The molecule has 3 aromatic rings. The van der Waals surface area contributed by atoms with E-state index in [9.17, 15) is 0 Å². The number of unbranched alkanes of at least 4 members (excludes halogenated alkanes) is 1. The highest BCUT2D eigenvalue weighted by molar-refractivity contribution is 9.11. The molecule has 0 aliphatic heterocycles. The topological polar surface area (TPSA) is 18.5 Å². The van der Waals surface area contributed by atoms with E-state index in [-0.39, 0.29) is 5.41 Å². The number of rotatable bonds is 13. The second kappa shape index (κ2) is 15.0. The smallest absolute Gasteiger partial charge is 0.475 e. The number of hydrogen-bond acceptors (Lipinski definition) is 3. The molecule has 0 aromatic heterocycles. The van der Waals surface area contributed by atoms with E-state index in [2.05, 4.69) is 159 Å². The van der Waals surface area contributed by atoms with Crippen LogP contribution in [0.4, 0.5) is 0 Å². The molecule has 0 amide bonds. The molecule has 0 unspecified atom stereocenters. The molecular formula is C31H37Br4O2SSi2+. The third kappa shape index (κ3) is 8.69. The van der Waals surface area contributed by atoms with E-state index in [1.165, 1.54) is 21.5 Å². The quantitative estimate of drug-likeness (QED) is 0.105. The monoisotopic (exact) mass is 845 g/mol. The van der Waals surface area contributed by atoms with Crippen LogP contribution in [0, 0.1) is 0 Å². The molecule has 0 saturated carbocycles. The van der Waals surface area contributed by atoms with Gasteiger partial charge in [0, 0.05) is 10.3 Å². The van der Waals surface area contributed by atoms with E-state index in [0.717, 1.165) is 59.6 Å². The summed E-state index contributed by atoms with van der Waals surface area (Å²) in [4.78, 5) is 1.03. The highest BCUT2D eigenvalue weighted by Gasteiger charge is 2.28. The van der Waals surface area contributed by atoms with Crippen molar-refractivity contribution in [2.45, 2.75) is 69.5 Å². The van der Waals surface area contributed by atoms with Crippen LogP contribution in [0.2, 0.25) is 19.1 Å². The predicted octanol–water partition coefficient (Wildman–Crippen LogP) is 9.68. The minimum Gasteiger partial charge on any atom is -0.491 e. The molecule has 0 N–H and O–H groups in total. The first-order chi connectivity index (χ1) is 18.8. The first kappa shape index (κ1) is 34.3. The lowest BCUT2D eigenvalue weighted by atomic mass is 9.78. The number of halogens is 4. The van der Waals surface area contributed by atoms with Gasteiger partial charge in [-0.3, -0.25) is 0 Å². The van der Waals surface area contributed by atoms with Gasteiger partial charge in [0.2, 0.25) is 0 Å². The Kier molecular flexibility index (Phi) is 12.9. The van der Waals surface area contributed by atoms with Gasteiger partial charge in [-0.25, -0.2) is 0 Å². The Labute approximate surface area is 282 Å². The Morgan fingerprint density at radius 2 is 1.27 bits per heavy atom. The van der Waals surface area contributed by atoms with Crippen LogP contribution in [0.5, 0.6) is 11.5 Å². The normalized spacial score (nSPS) is 11.8. The molecular weight excluding hydrogens is 812 g/mol. The fraction of sp³-hybridized carbons (Fsp3) is 0.387. The number of ether oxygens (including phenoxy) is 2. The largest absolute Gasteiger partial charge is 0.491 e. The molecule has 3 rings (SSSR count). The Bertz CT molecular complexity index is 1320. The van der Waals surface area contributed by atoms with Crippen molar-refractivity contribution >= 4 is 110 Å². The van der Waals surface area contributed by atoms with E-state index < -0.39 is 8.07 Å². The Hall–Kier alpha value is -0.166. The SMILES string of the molecule is C=[Si+]c1cc(S)cc([Si](C)(C)CCCOc2c(Br)cc(C(C)(C)c3cc(Br)c(OCCCC)c(Br)c3)cc2Br)c1. The van der Waals surface area contributed by atoms with Crippen molar-refractivity contribution in [1.29, 1.82) is 0 Å². The highest BCUT2D eigenvalue weighted by Crippen LogP contribution is 2.44. The second-order valence-corrected chi connectivity index (χ2v) is 20.9. The molecule has 0 bridgehead atoms. The average Bonchev–Trinajstić information content (AvgIpc) is 2.88. The van der Waals surface area contributed by atoms with Crippen LogP contribution in [0.15, 0.2) is 65.3 Å². The third-order valence-corrected chi connectivity index (χ3v) is 14.0. The molecule has 214 valence electrons. The summed E-state index contributed by atoms with van der Waals surface area (Å²) < 4.78 is 16.1. The third-order valence-electron chi connectivity index (χ3n) is 7.28. The van der Waals surface area contributed by atoms with E-state index in [0.29, 0.717) is 22.3 Å². The first-order valence-electron chi connectivity index (χ1n) is 13.4. The molecule has 3 aromatic carbocycles. The van der Waals surface area contributed by atoms with Crippen molar-refractivity contribution < 1.29 is 9.47 Å². The Morgan fingerprint density at radius 1 is 0.800 bits per heavy atom. The Balaban J connectivity index is 1.72. The summed E-state index contributed by atoms with van der Waals surface area (Å²) in [6.45, 7) is 12.9. The first-order valence-corrected chi connectivity index (χ1v) is 21.5.